The highest BCUT2D eigenvalue weighted by atomic mass is 16.6. The molecular weight excluding hydrogens is 256 g/mol. The Labute approximate surface area is 118 Å². The van der Waals surface area contributed by atoms with E-state index in [4.69, 9.17) is 4.74 Å². The fourth-order valence-corrected chi connectivity index (χ4v) is 2.70. The predicted octanol–water partition coefficient (Wildman–Crippen LogP) is 2.59. The van der Waals surface area contributed by atoms with E-state index < -0.39 is 23.0 Å². The van der Waals surface area contributed by atoms with E-state index in [0.29, 0.717) is 12.8 Å². The molecule has 1 aliphatic rings. The van der Waals surface area contributed by atoms with Crippen LogP contribution in [0.25, 0.3) is 0 Å². The van der Waals surface area contributed by atoms with Gasteiger partial charge in [-0.2, -0.15) is 0 Å². The molecule has 1 aliphatic carbocycles. The number of hydrogen-bond donors (Lipinski definition) is 1. The SMILES string of the molecule is CC(C)(C)OC(=O)CC1(C(=O)O)Cc2ccccc2C1. The lowest BCUT2D eigenvalue weighted by Crippen LogP contribution is -2.36. The van der Waals surface area contributed by atoms with Crippen LogP contribution in [0.2, 0.25) is 0 Å². The highest BCUT2D eigenvalue weighted by Gasteiger charge is 2.46. The Balaban J connectivity index is 2.18. The lowest BCUT2D eigenvalue weighted by atomic mass is 9.81. The topological polar surface area (TPSA) is 63.6 Å². The van der Waals surface area contributed by atoms with Crippen molar-refractivity contribution in [3.05, 3.63) is 35.4 Å². The largest absolute Gasteiger partial charge is 0.481 e. The summed E-state index contributed by atoms with van der Waals surface area (Å²) in [6.45, 7) is 5.34. The highest BCUT2D eigenvalue weighted by molar-refractivity contribution is 5.84. The van der Waals surface area contributed by atoms with E-state index in [9.17, 15) is 14.7 Å². The van der Waals surface area contributed by atoms with Gasteiger partial charge in [0.25, 0.3) is 0 Å². The number of carboxylic acids is 1. The summed E-state index contributed by atoms with van der Waals surface area (Å²) in [7, 11) is 0. The molecule has 0 saturated heterocycles. The van der Waals surface area contributed by atoms with Gasteiger partial charge in [-0.3, -0.25) is 9.59 Å². The molecule has 0 bridgehead atoms. The monoisotopic (exact) mass is 276 g/mol. The summed E-state index contributed by atoms with van der Waals surface area (Å²) < 4.78 is 5.27. The first-order valence-electron chi connectivity index (χ1n) is 6.74. The minimum Gasteiger partial charge on any atom is -0.481 e. The summed E-state index contributed by atoms with van der Waals surface area (Å²) in [5, 5.41) is 9.58. The Bertz CT molecular complexity index is 515. The van der Waals surface area contributed by atoms with Gasteiger partial charge in [0.1, 0.15) is 5.60 Å². The van der Waals surface area contributed by atoms with Crippen molar-refractivity contribution in [3.8, 4) is 0 Å². The predicted molar refractivity (Wildman–Crippen MR) is 74.4 cm³/mol. The van der Waals surface area contributed by atoms with Crippen molar-refractivity contribution in [3.63, 3.8) is 0 Å². The number of esters is 1. The Kier molecular flexibility index (Phi) is 3.59. The van der Waals surface area contributed by atoms with E-state index in [1.54, 1.807) is 20.8 Å². The van der Waals surface area contributed by atoms with Crippen LogP contribution in [-0.4, -0.2) is 22.6 Å². The van der Waals surface area contributed by atoms with Crippen molar-refractivity contribution in [2.75, 3.05) is 0 Å². The number of carbonyl (C=O) groups is 2. The molecule has 0 radical (unpaired) electrons. The molecule has 0 unspecified atom stereocenters. The number of carboxylic acid groups (broad SMARTS) is 1. The average molecular weight is 276 g/mol. The van der Waals surface area contributed by atoms with E-state index >= 15 is 0 Å². The number of fused-ring (bicyclic) bond motifs is 1. The van der Waals surface area contributed by atoms with Crippen molar-refractivity contribution >= 4 is 11.9 Å². The molecule has 1 aromatic carbocycles. The number of benzene rings is 1. The van der Waals surface area contributed by atoms with E-state index in [1.807, 2.05) is 24.3 Å². The van der Waals surface area contributed by atoms with Gasteiger partial charge in [-0.05, 0) is 44.7 Å². The maximum absolute atomic E-state index is 12.0. The van der Waals surface area contributed by atoms with Crippen molar-refractivity contribution in [1.82, 2.24) is 0 Å². The normalized spacial score (nSPS) is 16.6. The van der Waals surface area contributed by atoms with Crippen molar-refractivity contribution in [2.45, 2.75) is 45.6 Å². The molecule has 0 saturated carbocycles. The summed E-state index contributed by atoms with van der Waals surface area (Å²) in [5.74, 6) is -1.38. The van der Waals surface area contributed by atoms with Gasteiger partial charge in [-0.1, -0.05) is 24.3 Å². The third kappa shape index (κ3) is 3.00. The maximum atomic E-state index is 12.0. The minimum atomic E-state index is -1.06. The fraction of sp³-hybridized carbons (Fsp3) is 0.500. The van der Waals surface area contributed by atoms with E-state index in [2.05, 4.69) is 0 Å². The Morgan fingerprint density at radius 1 is 1.20 bits per heavy atom. The summed E-state index contributed by atoms with van der Waals surface area (Å²) in [5.41, 5.74) is 0.366. The summed E-state index contributed by atoms with van der Waals surface area (Å²) in [6.07, 6.45) is 0.684. The van der Waals surface area contributed by atoms with Gasteiger partial charge < -0.3 is 9.84 Å². The molecule has 1 N–H and O–H groups in total. The number of ether oxygens (including phenoxy) is 1. The molecule has 2 rings (SSSR count). The van der Waals surface area contributed by atoms with Gasteiger partial charge in [-0.15, -0.1) is 0 Å². The van der Waals surface area contributed by atoms with Gasteiger partial charge in [0.15, 0.2) is 0 Å². The van der Waals surface area contributed by atoms with Crippen LogP contribution in [0.4, 0.5) is 0 Å². The van der Waals surface area contributed by atoms with Gasteiger partial charge in [0.2, 0.25) is 0 Å². The molecule has 108 valence electrons. The maximum Gasteiger partial charge on any atom is 0.310 e. The standard InChI is InChI=1S/C16H20O4/c1-15(2,3)20-13(17)10-16(14(18)19)8-11-6-4-5-7-12(11)9-16/h4-7H,8-10H2,1-3H3,(H,18,19). The van der Waals surface area contributed by atoms with Crippen LogP contribution in [0.5, 0.6) is 0 Å². The zero-order valence-electron chi connectivity index (χ0n) is 12.1. The van der Waals surface area contributed by atoms with Crippen LogP contribution >= 0.6 is 0 Å². The van der Waals surface area contributed by atoms with Gasteiger partial charge in [-0.25, -0.2) is 0 Å². The van der Waals surface area contributed by atoms with Crippen molar-refractivity contribution in [2.24, 2.45) is 5.41 Å². The molecule has 0 aliphatic heterocycles. The molecule has 4 nitrogen and oxygen atoms in total. The molecule has 0 spiro atoms. The molecule has 20 heavy (non-hydrogen) atoms. The number of aliphatic carboxylic acids is 1. The van der Waals surface area contributed by atoms with Gasteiger partial charge in [0, 0.05) is 0 Å². The summed E-state index contributed by atoms with van der Waals surface area (Å²) in [4.78, 5) is 23.7. The molecule has 1 aromatic rings. The zero-order chi connectivity index (χ0) is 15.0. The van der Waals surface area contributed by atoms with Crippen LogP contribution in [-0.2, 0) is 27.2 Å². The van der Waals surface area contributed by atoms with Crippen LogP contribution in [0, 0.1) is 5.41 Å². The van der Waals surface area contributed by atoms with Gasteiger partial charge >= 0.3 is 11.9 Å². The molecule has 0 fully saturated rings. The molecule has 0 aromatic heterocycles. The van der Waals surface area contributed by atoms with Gasteiger partial charge in [0.05, 0.1) is 11.8 Å². The molecule has 4 heteroatoms. The Morgan fingerprint density at radius 3 is 2.10 bits per heavy atom. The van der Waals surface area contributed by atoms with Crippen LogP contribution in [0.15, 0.2) is 24.3 Å². The van der Waals surface area contributed by atoms with Crippen molar-refractivity contribution < 1.29 is 19.4 Å². The molecule has 0 atom stereocenters. The number of carbonyl (C=O) groups excluding carboxylic acids is 1. The second-order valence-corrected chi connectivity index (χ2v) is 6.47. The van der Waals surface area contributed by atoms with E-state index in [-0.39, 0.29) is 6.42 Å². The quantitative estimate of drug-likeness (QED) is 0.862. The molecular formula is C16H20O4. The van der Waals surface area contributed by atoms with Crippen LogP contribution in [0.3, 0.4) is 0 Å². The Hall–Kier alpha value is -1.84. The first-order valence-corrected chi connectivity index (χ1v) is 6.74. The van der Waals surface area contributed by atoms with Crippen LogP contribution < -0.4 is 0 Å². The smallest absolute Gasteiger partial charge is 0.310 e. The zero-order valence-corrected chi connectivity index (χ0v) is 12.1. The van der Waals surface area contributed by atoms with E-state index in [1.165, 1.54) is 0 Å². The van der Waals surface area contributed by atoms with E-state index in [0.717, 1.165) is 11.1 Å². The first kappa shape index (κ1) is 14.6. The second-order valence-electron chi connectivity index (χ2n) is 6.47. The fourth-order valence-electron chi connectivity index (χ4n) is 2.70. The molecule has 0 heterocycles. The van der Waals surface area contributed by atoms with Crippen molar-refractivity contribution in [1.29, 1.82) is 0 Å². The number of hydrogen-bond acceptors (Lipinski definition) is 3. The summed E-state index contributed by atoms with van der Waals surface area (Å²) >= 11 is 0. The third-order valence-corrected chi connectivity index (χ3v) is 3.53. The lowest BCUT2D eigenvalue weighted by molar-refractivity contribution is -0.164. The average Bonchev–Trinajstić information content (AvgIpc) is 2.65. The second kappa shape index (κ2) is 4.93. The summed E-state index contributed by atoms with van der Waals surface area (Å²) in [6, 6.07) is 7.64. The minimum absolute atomic E-state index is 0.0890. The third-order valence-electron chi connectivity index (χ3n) is 3.53. The molecule has 0 amide bonds. The first-order chi connectivity index (χ1) is 9.22. The lowest BCUT2D eigenvalue weighted by Gasteiger charge is -2.26. The number of rotatable bonds is 3. The Morgan fingerprint density at radius 2 is 1.70 bits per heavy atom. The van der Waals surface area contributed by atoms with Crippen LogP contribution in [0.1, 0.15) is 38.3 Å². The highest BCUT2D eigenvalue weighted by Crippen LogP contribution is 2.40.